The van der Waals surface area contributed by atoms with Gasteiger partial charge in [0.1, 0.15) is 0 Å². The van der Waals surface area contributed by atoms with Crippen LogP contribution in [0.5, 0.6) is 0 Å². The second-order valence-electron chi connectivity index (χ2n) is 0.238. The van der Waals surface area contributed by atoms with Crippen molar-refractivity contribution in [3.8, 4) is 0 Å². The van der Waals surface area contributed by atoms with Gasteiger partial charge in [-0.05, 0) is 0 Å². The molecule has 0 atom stereocenters. The first-order chi connectivity index (χ1) is 1.73. The molecule has 7 heavy (non-hydrogen) atoms. The second kappa shape index (κ2) is 16.7. The third kappa shape index (κ3) is 38.2. The molecule has 30 valence electrons. The van der Waals surface area contributed by atoms with Crippen molar-refractivity contribution in [2.75, 3.05) is 0 Å². The van der Waals surface area contributed by atoms with E-state index in [0.29, 0.717) is 0 Å². The van der Waals surface area contributed by atoms with E-state index >= 15 is 0 Å². The van der Waals surface area contributed by atoms with E-state index < -0.39 is 18.8 Å². The first-order valence-electron chi connectivity index (χ1n) is 0.565. The summed E-state index contributed by atoms with van der Waals surface area (Å²) in [6.07, 6.45) is 0. The SMILES string of the molecule is [KH].[LiH].[O]=[Nb](=[O])[OH].[RbH]. The fourth-order valence-electron chi connectivity index (χ4n) is 0. The Kier molecular flexibility index (Phi) is 53.8. The zero-order chi connectivity index (χ0) is 3.58. The molecule has 0 aliphatic heterocycles. The van der Waals surface area contributed by atoms with Crippen molar-refractivity contribution in [3.63, 3.8) is 0 Å². The third-order valence-electron chi connectivity index (χ3n) is 0. The van der Waals surface area contributed by atoms with Crippen LogP contribution in [-0.4, -0.2) is 132 Å². The summed E-state index contributed by atoms with van der Waals surface area (Å²) in [6, 6.07) is 0. The molecule has 0 aromatic rings. The van der Waals surface area contributed by atoms with Crippen LogP contribution in [0.25, 0.3) is 0 Å². The molecule has 0 amide bonds. The molecule has 0 unspecified atom stereocenters. The van der Waals surface area contributed by atoms with Crippen molar-refractivity contribution in [1.29, 1.82) is 0 Å². The Hall–Kier alpha value is 4.34. The topological polar surface area (TPSA) is 54.4 Å². The number of hydrogen-bond acceptors (Lipinski definition) is 2. The Morgan fingerprint density at radius 1 is 1.29 bits per heavy atom. The van der Waals surface area contributed by atoms with Gasteiger partial charge in [-0.15, -0.1) is 0 Å². The van der Waals surface area contributed by atoms with Crippen LogP contribution >= 0.6 is 0 Å². The van der Waals surface area contributed by atoms with Crippen LogP contribution in [-0.2, 0) is 25.3 Å². The summed E-state index contributed by atoms with van der Waals surface area (Å²) in [4.78, 5) is 0. The number of rotatable bonds is 0. The molecule has 0 aliphatic rings. The molecule has 0 radical (unpaired) electrons. The van der Waals surface area contributed by atoms with Crippen LogP contribution in [0.15, 0.2) is 0 Å². The van der Waals surface area contributed by atoms with Crippen molar-refractivity contribution in [3.05, 3.63) is 0 Å². The summed E-state index contributed by atoms with van der Waals surface area (Å²) in [5.74, 6) is 0. The fourth-order valence-corrected chi connectivity index (χ4v) is 0. The van der Waals surface area contributed by atoms with E-state index in [2.05, 4.69) is 0 Å². The van der Waals surface area contributed by atoms with Crippen molar-refractivity contribution in [1.82, 2.24) is 0 Å². The minimum atomic E-state index is -3.95. The average molecular weight is 276 g/mol. The summed E-state index contributed by atoms with van der Waals surface area (Å²) in [5.41, 5.74) is 0. The molecule has 0 aliphatic carbocycles. The fraction of sp³-hybridized carbons (Fsp3) is 0. The molecule has 0 aromatic carbocycles. The summed E-state index contributed by atoms with van der Waals surface area (Å²) >= 11 is -3.95. The first kappa shape index (κ1) is 22.5. The van der Waals surface area contributed by atoms with Gasteiger partial charge in [0.15, 0.2) is 0 Å². The molecule has 1 N–H and O–H groups in total. The summed E-state index contributed by atoms with van der Waals surface area (Å²) in [6.45, 7) is 0. The van der Waals surface area contributed by atoms with E-state index in [1.807, 2.05) is 0 Å². The summed E-state index contributed by atoms with van der Waals surface area (Å²) < 4.78 is 24.6. The van der Waals surface area contributed by atoms with E-state index in [9.17, 15) is 0 Å². The van der Waals surface area contributed by atoms with Crippen LogP contribution in [0.4, 0.5) is 0 Å². The molecule has 0 heterocycles. The van der Waals surface area contributed by atoms with Crippen LogP contribution < -0.4 is 0 Å². The quantitative estimate of drug-likeness (QED) is 0.488. The van der Waals surface area contributed by atoms with Gasteiger partial charge in [0, 0.05) is 0 Å². The summed E-state index contributed by atoms with van der Waals surface area (Å²) in [7, 11) is 0. The van der Waals surface area contributed by atoms with Gasteiger partial charge in [-0.3, -0.25) is 0 Å². The zero-order valence-corrected chi connectivity index (χ0v) is 3.91. The van der Waals surface area contributed by atoms with Gasteiger partial charge in [-0.25, -0.2) is 0 Å². The van der Waals surface area contributed by atoms with Gasteiger partial charge in [-0.2, -0.15) is 0 Å². The number of hydrogen-bond donors (Lipinski definition) is 1. The van der Waals surface area contributed by atoms with E-state index in [-0.39, 0.29) is 128 Å². The average Bonchev–Trinajstić information content (AvgIpc) is 0.811. The molecule has 0 spiro atoms. The van der Waals surface area contributed by atoms with Gasteiger partial charge < -0.3 is 0 Å². The van der Waals surface area contributed by atoms with Gasteiger partial charge in [0.05, 0.1) is 0 Å². The van der Waals surface area contributed by atoms with E-state index in [1.165, 1.54) is 0 Å². The van der Waals surface area contributed by atoms with Crippen molar-refractivity contribution < 1.29 is 28.9 Å². The molecule has 0 bridgehead atoms. The van der Waals surface area contributed by atoms with Crippen LogP contribution in [0.1, 0.15) is 0 Å². The Morgan fingerprint density at radius 2 is 1.29 bits per heavy atom. The minimum absolute atomic E-state index is 0. The van der Waals surface area contributed by atoms with Gasteiger partial charge in [-0.1, -0.05) is 0 Å². The Bertz CT molecular complexity index is 63.3. The van der Waals surface area contributed by atoms with Crippen LogP contribution in [0.3, 0.4) is 0 Å². The summed E-state index contributed by atoms with van der Waals surface area (Å²) in [5, 5.41) is 0. The van der Waals surface area contributed by atoms with Crippen LogP contribution in [0.2, 0.25) is 0 Å². The maximum absolute atomic E-state index is 8.71. The molecule has 0 aromatic heterocycles. The molecular formula is H4KLiNbO3Rb. The molecule has 3 nitrogen and oxygen atoms in total. The van der Waals surface area contributed by atoms with E-state index in [1.54, 1.807) is 0 Å². The Labute approximate surface area is 152 Å². The van der Waals surface area contributed by atoms with Crippen molar-refractivity contribution in [2.24, 2.45) is 0 Å². The molecule has 0 rings (SSSR count). The Balaban J connectivity index is -0.0000000150. The third-order valence-corrected chi connectivity index (χ3v) is 0. The molecule has 0 saturated heterocycles. The first-order valence-corrected chi connectivity index (χ1v) is 3.34. The molecular weight excluding hydrogens is 272 g/mol. The van der Waals surface area contributed by atoms with E-state index in [0.717, 1.165) is 0 Å². The second-order valence-corrected chi connectivity index (χ2v) is 1.41. The molecule has 0 fully saturated rings. The molecule has 7 heteroatoms. The van der Waals surface area contributed by atoms with E-state index in [4.69, 9.17) is 10.1 Å². The standard InChI is InChI=1S/K.Li.Nb.H2O.2O.Rb.3H/h;;;1H2;;;;;;/q;;+1;;;;;;;/p-1. The Morgan fingerprint density at radius 3 is 1.29 bits per heavy atom. The zero-order valence-electron chi connectivity index (χ0n) is 1.71. The van der Waals surface area contributed by atoms with Crippen LogP contribution in [0, 0.1) is 0 Å². The predicted molar refractivity (Wildman–Crippen MR) is 25.0 cm³/mol. The normalized spacial score (nSPS) is 3.57. The van der Waals surface area contributed by atoms with Crippen molar-refractivity contribution >= 4 is 128 Å². The van der Waals surface area contributed by atoms with Gasteiger partial charge in [0.2, 0.25) is 0 Å². The van der Waals surface area contributed by atoms with Gasteiger partial charge >= 0.3 is 157 Å². The molecule has 0 saturated carbocycles. The monoisotopic (exact) mass is 276 g/mol. The van der Waals surface area contributed by atoms with Gasteiger partial charge in [0.25, 0.3) is 0 Å². The predicted octanol–water partition coefficient (Wildman–Crippen LogP) is -2.74. The van der Waals surface area contributed by atoms with Crippen molar-refractivity contribution in [2.45, 2.75) is 0 Å². The maximum atomic E-state index is 8.71.